The number of hydrogen-bond acceptors (Lipinski definition) is 7. The number of thiazole rings is 1. The molecule has 2 atom stereocenters. The van der Waals surface area contributed by atoms with Gasteiger partial charge in [0.2, 0.25) is 0 Å². The Morgan fingerprint density at radius 1 is 1.50 bits per heavy atom. The van der Waals surface area contributed by atoms with Crippen LogP contribution < -0.4 is 5.32 Å². The van der Waals surface area contributed by atoms with Crippen LogP contribution in [0.25, 0.3) is 11.1 Å². The van der Waals surface area contributed by atoms with Gasteiger partial charge in [0.15, 0.2) is 11.5 Å². The summed E-state index contributed by atoms with van der Waals surface area (Å²) < 4.78 is 5.48. The van der Waals surface area contributed by atoms with E-state index in [1.165, 1.54) is 0 Å². The number of nitrogens with zero attached hydrogens (tertiary/aromatic N) is 3. The maximum absolute atomic E-state index is 12.5. The number of carbonyl (C=O) groups is 1. The van der Waals surface area contributed by atoms with Gasteiger partial charge in [-0.15, -0.1) is 11.3 Å². The van der Waals surface area contributed by atoms with Crippen molar-refractivity contribution in [3.8, 4) is 0 Å². The number of rotatable bonds is 4. The number of fused-ring (bicyclic) bond motifs is 1. The molecule has 26 heavy (non-hydrogen) atoms. The SMILES string of the molecule is Cc1nc2ccc(C(=O)N[C@@H]3CCN(Cc4cscn4)C[C@H]3O)cc2o1. The number of amides is 1. The van der Waals surface area contributed by atoms with Gasteiger partial charge in [0.05, 0.1) is 23.4 Å². The van der Waals surface area contributed by atoms with Crippen molar-refractivity contribution in [1.29, 1.82) is 0 Å². The number of aliphatic hydroxyl groups excluding tert-OH is 1. The highest BCUT2D eigenvalue weighted by Gasteiger charge is 2.29. The second-order valence-electron chi connectivity index (χ2n) is 6.57. The predicted octanol–water partition coefficient (Wildman–Crippen LogP) is 1.96. The van der Waals surface area contributed by atoms with E-state index in [0.717, 1.165) is 24.3 Å². The van der Waals surface area contributed by atoms with E-state index < -0.39 is 6.10 Å². The van der Waals surface area contributed by atoms with Crippen LogP contribution >= 0.6 is 11.3 Å². The molecule has 2 aromatic heterocycles. The molecule has 4 rings (SSSR count). The normalized spacial score (nSPS) is 21.2. The van der Waals surface area contributed by atoms with Gasteiger partial charge in [0.1, 0.15) is 5.52 Å². The molecule has 0 spiro atoms. The van der Waals surface area contributed by atoms with E-state index in [0.29, 0.717) is 30.0 Å². The molecule has 136 valence electrons. The van der Waals surface area contributed by atoms with Crippen molar-refractivity contribution in [3.63, 3.8) is 0 Å². The van der Waals surface area contributed by atoms with E-state index in [9.17, 15) is 9.90 Å². The number of benzene rings is 1. The third-order valence-electron chi connectivity index (χ3n) is 4.61. The number of aliphatic hydroxyl groups is 1. The molecule has 1 aliphatic heterocycles. The van der Waals surface area contributed by atoms with Crippen molar-refractivity contribution in [3.05, 3.63) is 46.2 Å². The fraction of sp³-hybridized carbons (Fsp3) is 0.389. The molecule has 1 aromatic carbocycles. The zero-order chi connectivity index (χ0) is 18.1. The van der Waals surface area contributed by atoms with Crippen molar-refractivity contribution in [2.75, 3.05) is 13.1 Å². The van der Waals surface area contributed by atoms with Crippen LogP contribution in [0.15, 0.2) is 33.5 Å². The molecule has 8 heteroatoms. The van der Waals surface area contributed by atoms with Crippen LogP contribution in [0.3, 0.4) is 0 Å². The number of aromatic nitrogens is 2. The first-order valence-electron chi connectivity index (χ1n) is 8.54. The second-order valence-corrected chi connectivity index (χ2v) is 7.28. The van der Waals surface area contributed by atoms with E-state index in [1.807, 2.05) is 10.9 Å². The van der Waals surface area contributed by atoms with Gasteiger partial charge in [-0.05, 0) is 24.6 Å². The third kappa shape index (κ3) is 3.62. The van der Waals surface area contributed by atoms with Crippen LogP contribution in [-0.2, 0) is 6.54 Å². The van der Waals surface area contributed by atoms with Crippen LogP contribution in [0, 0.1) is 6.92 Å². The lowest BCUT2D eigenvalue weighted by molar-refractivity contribution is 0.0346. The van der Waals surface area contributed by atoms with Gasteiger partial charge in [-0.3, -0.25) is 9.69 Å². The number of aryl methyl sites for hydroxylation is 1. The molecule has 1 saturated heterocycles. The molecule has 0 aliphatic carbocycles. The van der Waals surface area contributed by atoms with Crippen LogP contribution in [0.1, 0.15) is 28.4 Å². The average Bonchev–Trinajstić information content (AvgIpc) is 3.24. The molecule has 1 amide bonds. The number of nitrogens with one attached hydrogen (secondary N) is 1. The van der Waals surface area contributed by atoms with Crippen LogP contribution in [0.2, 0.25) is 0 Å². The fourth-order valence-electron chi connectivity index (χ4n) is 3.29. The monoisotopic (exact) mass is 372 g/mol. The lowest BCUT2D eigenvalue weighted by Crippen LogP contribution is -2.53. The number of hydrogen-bond donors (Lipinski definition) is 2. The molecule has 0 saturated carbocycles. The van der Waals surface area contributed by atoms with Gasteiger partial charge in [0.25, 0.3) is 5.91 Å². The van der Waals surface area contributed by atoms with Crippen LogP contribution in [0.4, 0.5) is 0 Å². The maximum atomic E-state index is 12.5. The first kappa shape index (κ1) is 17.1. The summed E-state index contributed by atoms with van der Waals surface area (Å²) in [5.41, 5.74) is 4.65. The highest BCUT2D eigenvalue weighted by atomic mass is 32.1. The standard InChI is InChI=1S/C18H20N4O3S/c1-11-20-15-3-2-12(6-17(15)25-11)18(24)21-14-4-5-22(8-16(14)23)7-13-9-26-10-19-13/h2-3,6,9-10,14,16,23H,4-5,7-8H2,1H3,(H,21,24)/t14-,16-/m1/s1. The minimum absolute atomic E-state index is 0.210. The minimum Gasteiger partial charge on any atom is -0.441 e. The summed E-state index contributed by atoms with van der Waals surface area (Å²) in [4.78, 5) is 23.2. The first-order valence-corrected chi connectivity index (χ1v) is 9.48. The van der Waals surface area contributed by atoms with Gasteiger partial charge in [-0.2, -0.15) is 0 Å². The van der Waals surface area contributed by atoms with Crippen molar-refractivity contribution in [2.45, 2.75) is 32.0 Å². The van der Waals surface area contributed by atoms with Crippen LogP contribution in [0.5, 0.6) is 0 Å². The highest BCUT2D eigenvalue weighted by molar-refractivity contribution is 7.07. The molecular formula is C18H20N4O3S. The molecule has 3 heterocycles. The molecule has 3 aromatic rings. The average molecular weight is 372 g/mol. The molecule has 0 radical (unpaired) electrons. The Morgan fingerprint density at radius 2 is 2.38 bits per heavy atom. The highest BCUT2D eigenvalue weighted by Crippen LogP contribution is 2.18. The summed E-state index contributed by atoms with van der Waals surface area (Å²) in [7, 11) is 0. The number of likely N-dealkylation sites (tertiary alicyclic amines) is 1. The number of piperidine rings is 1. The van der Waals surface area contributed by atoms with Gasteiger partial charge in [-0.25, -0.2) is 9.97 Å². The maximum Gasteiger partial charge on any atom is 0.251 e. The lowest BCUT2D eigenvalue weighted by Gasteiger charge is -2.35. The Bertz CT molecular complexity index is 908. The molecule has 1 aliphatic rings. The topological polar surface area (TPSA) is 91.5 Å². The van der Waals surface area contributed by atoms with Gasteiger partial charge >= 0.3 is 0 Å². The Hall–Kier alpha value is -2.29. The van der Waals surface area contributed by atoms with Crippen LogP contribution in [-0.4, -0.2) is 51.1 Å². The molecule has 1 fully saturated rings. The third-order valence-corrected chi connectivity index (χ3v) is 5.24. The van der Waals surface area contributed by atoms with Gasteiger partial charge < -0.3 is 14.8 Å². The summed E-state index contributed by atoms with van der Waals surface area (Å²) in [6.45, 7) is 3.82. The molecule has 7 nitrogen and oxygen atoms in total. The quantitative estimate of drug-likeness (QED) is 0.727. The van der Waals surface area contributed by atoms with Crippen molar-refractivity contribution < 1.29 is 14.3 Å². The van der Waals surface area contributed by atoms with Crippen molar-refractivity contribution >= 4 is 28.3 Å². The number of oxazole rings is 1. The smallest absolute Gasteiger partial charge is 0.251 e. The summed E-state index contributed by atoms with van der Waals surface area (Å²) in [5.74, 6) is 0.360. The summed E-state index contributed by atoms with van der Waals surface area (Å²) >= 11 is 1.57. The van der Waals surface area contributed by atoms with E-state index in [1.54, 1.807) is 36.5 Å². The first-order chi connectivity index (χ1) is 12.6. The number of β-amino-alcohol motifs (C(OH)–C–C–N with tert-alkyl or cyclic N) is 1. The fourth-order valence-corrected chi connectivity index (χ4v) is 3.84. The Kier molecular flexibility index (Phi) is 4.71. The van der Waals surface area contributed by atoms with E-state index in [-0.39, 0.29) is 11.9 Å². The lowest BCUT2D eigenvalue weighted by atomic mass is 10.0. The Labute approximate surface area is 154 Å². The molecule has 0 unspecified atom stereocenters. The molecule has 2 N–H and O–H groups in total. The van der Waals surface area contributed by atoms with Crippen molar-refractivity contribution in [1.82, 2.24) is 20.2 Å². The van der Waals surface area contributed by atoms with E-state index in [2.05, 4.69) is 20.2 Å². The van der Waals surface area contributed by atoms with Gasteiger partial charge in [0, 0.05) is 37.5 Å². The zero-order valence-corrected chi connectivity index (χ0v) is 15.2. The summed E-state index contributed by atoms with van der Waals surface area (Å²) in [5, 5.41) is 15.4. The van der Waals surface area contributed by atoms with E-state index >= 15 is 0 Å². The Morgan fingerprint density at radius 3 is 3.15 bits per heavy atom. The predicted molar refractivity (Wildman–Crippen MR) is 98.0 cm³/mol. The van der Waals surface area contributed by atoms with Gasteiger partial charge in [-0.1, -0.05) is 0 Å². The largest absolute Gasteiger partial charge is 0.441 e. The molecular weight excluding hydrogens is 352 g/mol. The summed E-state index contributed by atoms with van der Waals surface area (Å²) in [6, 6.07) is 4.92. The van der Waals surface area contributed by atoms with Crippen molar-refractivity contribution in [2.24, 2.45) is 0 Å². The second kappa shape index (κ2) is 7.14. The zero-order valence-electron chi connectivity index (χ0n) is 14.4. The number of carbonyl (C=O) groups excluding carboxylic acids is 1. The Balaban J connectivity index is 1.38. The summed E-state index contributed by atoms with van der Waals surface area (Å²) in [6.07, 6.45) is 0.0864. The molecule has 0 bridgehead atoms. The minimum atomic E-state index is -0.609. The van der Waals surface area contributed by atoms with E-state index in [4.69, 9.17) is 4.42 Å².